The maximum Gasteiger partial charge on any atom is 0.351 e. The van der Waals surface area contributed by atoms with Crippen LogP contribution in [0.2, 0.25) is 0 Å². The van der Waals surface area contributed by atoms with E-state index in [0.29, 0.717) is 30.4 Å². The molecule has 3 nitrogen and oxygen atoms in total. The van der Waals surface area contributed by atoms with Gasteiger partial charge in [0.05, 0.1) is 27.5 Å². The number of unbranched alkanes of at least 4 members (excludes halogenated alkanes) is 2. The molecule has 4 aromatic heterocycles. The number of carbonyl (C=O) groups excluding carboxylic acids is 1. The van der Waals surface area contributed by atoms with E-state index in [4.69, 9.17) is 9.47 Å². The van der Waals surface area contributed by atoms with Crippen molar-refractivity contribution in [2.45, 2.75) is 131 Å². The molecule has 1 aromatic carbocycles. The fourth-order valence-electron chi connectivity index (χ4n) is 6.32. The van der Waals surface area contributed by atoms with Gasteiger partial charge in [0.1, 0.15) is 10.6 Å². The number of ether oxygens (including phenoxy) is 2. The minimum absolute atomic E-state index is 0.0492. The second-order valence-corrected chi connectivity index (χ2v) is 19.9. The average Bonchev–Trinajstić information content (AvgIpc) is 3.82. The van der Waals surface area contributed by atoms with Gasteiger partial charge in [-0.2, -0.15) is 0 Å². The van der Waals surface area contributed by atoms with Crippen molar-refractivity contribution in [3.63, 3.8) is 0 Å². The zero-order valence-corrected chi connectivity index (χ0v) is 34.5. The van der Waals surface area contributed by atoms with Gasteiger partial charge in [0, 0.05) is 30.1 Å². The normalized spacial score (nSPS) is 13.9. The highest BCUT2D eigenvalue weighted by molar-refractivity contribution is 7.31. The number of hydrogen-bond donors (Lipinski definition) is 0. The number of rotatable bonds is 15. The summed E-state index contributed by atoms with van der Waals surface area (Å²) in [6.07, 6.45) is 8.85. The number of halogens is 1. The van der Waals surface area contributed by atoms with Crippen molar-refractivity contribution in [1.82, 2.24) is 0 Å². The van der Waals surface area contributed by atoms with Gasteiger partial charge in [-0.15, -0.1) is 45.3 Å². The third-order valence-corrected chi connectivity index (χ3v) is 15.3. The second kappa shape index (κ2) is 15.7. The van der Waals surface area contributed by atoms with Crippen molar-refractivity contribution >= 4 is 81.6 Å². The second-order valence-electron chi connectivity index (χ2n) is 15.7. The molecule has 0 bridgehead atoms. The number of carbonyl (C=O) groups is 1. The Labute approximate surface area is 309 Å². The molecule has 49 heavy (non-hydrogen) atoms. The fraction of sp³-hybridized carbons (Fsp3) is 0.585. The molecule has 0 radical (unpaired) electrons. The number of esters is 1. The Morgan fingerprint density at radius 2 is 1.45 bits per heavy atom. The van der Waals surface area contributed by atoms with Gasteiger partial charge in [-0.3, -0.25) is 0 Å². The highest BCUT2D eigenvalue weighted by atomic mass is 32.1. The maximum atomic E-state index is 16.4. The van der Waals surface area contributed by atoms with Crippen molar-refractivity contribution < 1.29 is 18.7 Å². The molecule has 0 aliphatic carbocycles. The minimum Gasteiger partial charge on any atom is -0.491 e. The maximum absolute atomic E-state index is 16.4. The number of hydrogen-bond acceptors (Lipinski definition) is 7. The first-order valence-electron chi connectivity index (χ1n) is 18.3. The molecule has 8 heteroatoms. The van der Waals surface area contributed by atoms with Crippen LogP contribution in [-0.2, 0) is 15.6 Å². The smallest absolute Gasteiger partial charge is 0.351 e. The third-order valence-electron chi connectivity index (χ3n) is 9.58. The molecule has 0 saturated heterocycles. The van der Waals surface area contributed by atoms with Gasteiger partial charge in [-0.1, -0.05) is 108 Å². The van der Waals surface area contributed by atoms with Crippen molar-refractivity contribution in [3.8, 4) is 15.5 Å². The number of thiophene rings is 4. The SMILES string of the molecule is CCCCC(CC)COC(=O)c1sc2c(-c3cc4cc5sc(C(C)(C)C)cc5c(OCC(CC)CCCC)c4s3)sc(C(C)(C)C)c2c1F. The van der Waals surface area contributed by atoms with Crippen LogP contribution in [0.25, 0.3) is 40.0 Å². The first kappa shape index (κ1) is 38.2. The van der Waals surface area contributed by atoms with Gasteiger partial charge < -0.3 is 9.47 Å². The van der Waals surface area contributed by atoms with Crippen LogP contribution in [0.1, 0.15) is 140 Å². The average molecular weight is 743 g/mol. The lowest BCUT2D eigenvalue weighted by atomic mass is 9.92. The summed E-state index contributed by atoms with van der Waals surface area (Å²) in [4.78, 5) is 17.9. The zero-order valence-electron chi connectivity index (χ0n) is 31.2. The van der Waals surface area contributed by atoms with E-state index < -0.39 is 11.8 Å². The molecule has 0 amide bonds. The third kappa shape index (κ3) is 8.23. The van der Waals surface area contributed by atoms with Crippen molar-refractivity contribution in [3.05, 3.63) is 38.6 Å². The molecular weight excluding hydrogens is 688 g/mol. The highest BCUT2D eigenvalue weighted by Gasteiger charge is 2.32. The predicted octanol–water partition coefficient (Wildman–Crippen LogP) is 14.8. The van der Waals surface area contributed by atoms with Gasteiger partial charge in [0.2, 0.25) is 0 Å². The molecule has 5 rings (SSSR count). The van der Waals surface area contributed by atoms with E-state index in [9.17, 15) is 4.79 Å². The quantitative estimate of drug-likeness (QED) is 0.100. The number of fused-ring (bicyclic) bond motifs is 3. The van der Waals surface area contributed by atoms with Gasteiger partial charge in [-0.05, 0) is 59.1 Å². The highest BCUT2D eigenvalue weighted by Crippen LogP contribution is 2.53. The molecule has 268 valence electrons. The molecule has 2 unspecified atom stereocenters. The Hall–Kier alpha value is -2.00. The van der Waals surface area contributed by atoms with Crippen LogP contribution >= 0.6 is 45.3 Å². The van der Waals surface area contributed by atoms with Gasteiger partial charge >= 0.3 is 5.97 Å². The van der Waals surface area contributed by atoms with E-state index in [2.05, 4.69) is 87.4 Å². The molecule has 2 atom stereocenters. The Bertz CT molecular complexity index is 1890. The summed E-state index contributed by atoms with van der Waals surface area (Å²) < 4.78 is 32.2. The summed E-state index contributed by atoms with van der Waals surface area (Å²) in [5, 5.41) is 2.91. The molecule has 0 spiro atoms. The van der Waals surface area contributed by atoms with Gasteiger partial charge in [0.15, 0.2) is 5.82 Å². The summed E-state index contributed by atoms with van der Waals surface area (Å²) in [6, 6.07) is 6.89. The standard InChI is InChI=1S/C41H55FO3S4/c1-11-15-17-24(13-3)22-44-33-27-21-30(40(5,6)7)46-28(27)19-26-20-29(47-34(26)33)35-36-31(38(49-35)41(8,9)10)32(42)37(48-36)39(43)45-23-25(14-4)18-16-12-2/h19-21,24-25H,11-18,22-23H2,1-10H3. The summed E-state index contributed by atoms with van der Waals surface area (Å²) >= 11 is 6.50. The Morgan fingerprint density at radius 3 is 2.04 bits per heavy atom. The minimum atomic E-state index is -0.542. The van der Waals surface area contributed by atoms with Crippen LogP contribution in [0.3, 0.4) is 0 Å². The van der Waals surface area contributed by atoms with Crippen LogP contribution in [-0.4, -0.2) is 19.2 Å². The van der Waals surface area contributed by atoms with E-state index in [1.165, 1.54) is 45.6 Å². The number of benzene rings is 1. The fourth-order valence-corrected chi connectivity index (χ4v) is 11.4. The predicted molar refractivity (Wildman–Crippen MR) is 216 cm³/mol. The van der Waals surface area contributed by atoms with Crippen LogP contribution in [0.4, 0.5) is 4.39 Å². The molecule has 0 aliphatic rings. The summed E-state index contributed by atoms with van der Waals surface area (Å²) in [6.45, 7) is 23.0. The van der Waals surface area contributed by atoms with Crippen LogP contribution in [0.5, 0.6) is 5.75 Å². The topological polar surface area (TPSA) is 35.5 Å². The van der Waals surface area contributed by atoms with Crippen LogP contribution in [0.15, 0.2) is 18.2 Å². The molecule has 0 saturated carbocycles. The molecule has 0 fully saturated rings. The lowest BCUT2D eigenvalue weighted by Gasteiger charge is -2.17. The first-order valence-corrected chi connectivity index (χ1v) is 21.5. The van der Waals surface area contributed by atoms with E-state index in [0.717, 1.165) is 67.3 Å². The zero-order chi connectivity index (χ0) is 35.7. The van der Waals surface area contributed by atoms with E-state index in [1.54, 1.807) is 22.7 Å². The van der Waals surface area contributed by atoms with E-state index in [1.807, 2.05) is 11.3 Å². The van der Waals surface area contributed by atoms with Gasteiger partial charge in [-0.25, -0.2) is 9.18 Å². The summed E-state index contributed by atoms with van der Waals surface area (Å²) in [5.41, 5.74) is -0.240. The molecule has 5 aromatic rings. The van der Waals surface area contributed by atoms with Crippen LogP contribution < -0.4 is 4.74 Å². The van der Waals surface area contributed by atoms with Crippen LogP contribution in [0, 0.1) is 17.7 Å². The Balaban J connectivity index is 1.61. The van der Waals surface area contributed by atoms with E-state index in [-0.39, 0.29) is 15.7 Å². The van der Waals surface area contributed by atoms with Crippen molar-refractivity contribution in [1.29, 1.82) is 0 Å². The largest absolute Gasteiger partial charge is 0.491 e. The first-order chi connectivity index (χ1) is 23.2. The summed E-state index contributed by atoms with van der Waals surface area (Å²) in [5.74, 6) is 0.820. The summed E-state index contributed by atoms with van der Waals surface area (Å²) in [7, 11) is 0. The van der Waals surface area contributed by atoms with Crippen molar-refractivity contribution in [2.24, 2.45) is 11.8 Å². The Kier molecular flexibility index (Phi) is 12.3. The monoisotopic (exact) mass is 742 g/mol. The molecule has 0 aliphatic heterocycles. The van der Waals surface area contributed by atoms with Crippen molar-refractivity contribution in [2.75, 3.05) is 13.2 Å². The molecular formula is C41H55FO3S4. The Morgan fingerprint density at radius 1 is 0.796 bits per heavy atom. The lowest BCUT2D eigenvalue weighted by molar-refractivity contribution is 0.0429. The van der Waals surface area contributed by atoms with Gasteiger partial charge in [0.25, 0.3) is 0 Å². The lowest BCUT2D eigenvalue weighted by Crippen LogP contribution is -2.14. The molecule has 0 N–H and O–H groups in total. The van der Waals surface area contributed by atoms with E-state index >= 15 is 4.39 Å². The molecule has 4 heterocycles.